The Bertz CT molecular complexity index is 581. The molecule has 0 heterocycles. The summed E-state index contributed by atoms with van der Waals surface area (Å²) in [5.74, 6) is 3.47. The second-order valence-corrected chi connectivity index (χ2v) is 15.9. The van der Waals surface area contributed by atoms with E-state index < -0.39 is 0 Å². The first kappa shape index (κ1) is 37.5. The smallest absolute Gasteiger partial charge is 0.308 e. The van der Waals surface area contributed by atoms with Gasteiger partial charge in [-0.05, 0) is 72.5 Å². The van der Waals surface area contributed by atoms with Gasteiger partial charge >= 0.3 is 5.97 Å². The molecule has 0 radical (unpaired) electrons. The first-order valence-electron chi connectivity index (χ1n) is 16.7. The highest BCUT2D eigenvalue weighted by molar-refractivity contribution is 5.72. The average molecular weight is 537 g/mol. The van der Waals surface area contributed by atoms with Crippen molar-refractivity contribution in [2.24, 2.45) is 46.3 Å². The van der Waals surface area contributed by atoms with Gasteiger partial charge < -0.3 is 4.74 Å². The average Bonchev–Trinajstić information content (AvgIpc) is 2.79. The maximum Gasteiger partial charge on any atom is 0.308 e. The number of carbonyl (C=O) groups is 1. The maximum atomic E-state index is 13.4. The van der Waals surface area contributed by atoms with E-state index >= 15 is 0 Å². The van der Waals surface area contributed by atoms with Gasteiger partial charge in [-0.2, -0.15) is 0 Å². The number of carbonyl (C=O) groups excluding carboxylic acids is 1. The minimum absolute atomic E-state index is 0.0843. The topological polar surface area (TPSA) is 26.3 Å². The molecule has 228 valence electrons. The van der Waals surface area contributed by atoms with Crippen LogP contribution in [0, 0.1) is 46.3 Å². The summed E-state index contributed by atoms with van der Waals surface area (Å²) in [5, 5.41) is 0. The van der Waals surface area contributed by atoms with E-state index in [1.54, 1.807) is 0 Å². The van der Waals surface area contributed by atoms with Gasteiger partial charge in [0.15, 0.2) is 0 Å². The number of ether oxygens (including phenoxy) is 1. The zero-order chi connectivity index (χ0) is 29.4. The van der Waals surface area contributed by atoms with Crippen LogP contribution in [0.25, 0.3) is 0 Å². The lowest BCUT2D eigenvalue weighted by molar-refractivity contribution is -0.151. The highest BCUT2D eigenvalue weighted by Gasteiger charge is 2.27. The fourth-order valence-electron chi connectivity index (χ4n) is 6.18. The van der Waals surface area contributed by atoms with Crippen LogP contribution < -0.4 is 0 Å². The second-order valence-electron chi connectivity index (χ2n) is 15.9. The summed E-state index contributed by atoms with van der Waals surface area (Å²) >= 11 is 0. The molecule has 0 aliphatic rings. The zero-order valence-corrected chi connectivity index (χ0v) is 28.4. The Kier molecular flexibility index (Phi) is 19.3. The molecule has 0 aliphatic heterocycles. The Morgan fingerprint density at radius 1 is 0.605 bits per heavy atom. The Morgan fingerprint density at radius 3 is 1.63 bits per heavy atom. The molecule has 0 saturated heterocycles. The third-order valence-electron chi connectivity index (χ3n) is 8.90. The number of unbranched alkanes of at least 4 members (excludes halogenated alkanes) is 2. The molecule has 6 unspecified atom stereocenters. The molecule has 0 N–H and O–H groups in total. The summed E-state index contributed by atoms with van der Waals surface area (Å²) < 4.78 is 6.19. The standard InChI is InChI=1S/C36H72O2/c1-13-28(3)19-16-15-17-21-32(22-18-20-29(4)14-2)34(37)38-27-33(31(6)26-36(10,11)12)24-23-30(5)25-35(7,8)9/h28-33H,13-27H2,1-12H3. The summed E-state index contributed by atoms with van der Waals surface area (Å²) in [4.78, 5) is 13.4. The normalized spacial score (nSPS) is 17.5. The van der Waals surface area contributed by atoms with Crippen LogP contribution >= 0.6 is 0 Å². The van der Waals surface area contributed by atoms with E-state index in [2.05, 4.69) is 83.1 Å². The molecular formula is C36H72O2. The summed E-state index contributed by atoms with van der Waals surface area (Å²) in [6.07, 6.45) is 16.7. The second kappa shape index (κ2) is 19.5. The van der Waals surface area contributed by atoms with E-state index in [0.717, 1.165) is 43.9 Å². The first-order valence-corrected chi connectivity index (χ1v) is 16.7. The quantitative estimate of drug-likeness (QED) is 0.108. The van der Waals surface area contributed by atoms with Crippen molar-refractivity contribution in [3.8, 4) is 0 Å². The van der Waals surface area contributed by atoms with Crippen molar-refractivity contribution in [3.63, 3.8) is 0 Å². The van der Waals surface area contributed by atoms with Crippen LogP contribution in [-0.2, 0) is 9.53 Å². The van der Waals surface area contributed by atoms with Gasteiger partial charge in [0, 0.05) is 0 Å². The molecule has 0 bridgehead atoms. The van der Waals surface area contributed by atoms with Crippen LogP contribution in [0.5, 0.6) is 0 Å². The number of rotatable bonds is 21. The summed E-state index contributed by atoms with van der Waals surface area (Å²) in [6, 6.07) is 0. The highest BCUT2D eigenvalue weighted by atomic mass is 16.5. The molecule has 0 saturated carbocycles. The number of hydrogen-bond acceptors (Lipinski definition) is 2. The summed E-state index contributed by atoms with van der Waals surface area (Å²) in [6.45, 7) is 28.7. The van der Waals surface area contributed by atoms with Gasteiger partial charge in [0.05, 0.1) is 12.5 Å². The molecule has 0 rings (SSSR count). The fraction of sp³-hybridized carbons (Fsp3) is 0.972. The van der Waals surface area contributed by atoms with Gasteiger partial charge in [-0.3, -0.25) is 4.79 Å². The van der Waals surface area contributed by atoms with Crippen molar-refractivity contribution in [2.45, 2.75) is 173 Å². The number of hydrogen-bond donors (Lipinski definition) is 0. The van der Waals surface area contributed by atoms with E-state index in [0.29, 0.717) is 35.2 Å². The SMILES string of the molecule is CCC(C)CCCCCC(CCCC(C)CC)C(=O)OCC(CCC(C)CC(C)(C)C)C(C)CC(C)(C)C. The molecular weight excluding hydrogens is 464 g/mol. The predicted molar refractivity (Wildman–Crippen MR) is 169 cm³/mol. The van der Waals surface area contributed by atoms with Crippen molar-refractivity contribution in [1.29, 1.82) is 0 Å². The summed E-state index contributed by atoms with van der Waals surface area (Å²) in [7, 11) is 0. The molecule has 0 aromatic heterocycles. The van der Waals surface area contributed by atoms with Gasteiger partial charge in [-0.25, -0.2) is 0 Å². The van der Waals surface area contributed by atoms with Gasteiger partial charge in [-0.1, -0.05) is 141 Å². The maximum absolute atomic E-state index is 13.4. The van der Waals surface area contributed by atoms with Crippen molar-refractivity contribution in [1.82, 2.24) is 0 Å². The van der Waals surface area contributed by atoms with Gasteiger partial charge in [0.2, 0.25) is 0 Å². The van der Waals surface area contributed by atoms with Gasteiger partial charge in [0.25, 0.3) is 0 Å². The molecule has 0 aromatic carbocycles. The zero-order valence-electron chi connectivity index (χ0n) is 28.4. The Labute approximate surface area is 241 Å². The first-order chi connectivity index (χ1) is 17.6. The van der Waals surface area contributed by atoms with Crippen molar-refractivity contribution < 1.29 is 9.53 Å². The number of esters is 1. The predicted octanol–water partition coefficient (Wildman–Crippen LogP) is 11.9. The van der Waals surface area contributed by atoms with E-state index in [1.165, 1.54) is 57.8 Å². The van der Waals surface area contributed by atoms with Gasteiger partial charge in [0.1, 0.15) is 0 Å². The monoisotopic (exact) mass is 537 g/mol. The Hall–Kier alpha value is -0.530. The largest absolute Gasteiger partial charge is 0.465 e. The van der Waals surface area contributed by atoms with Crippen LogP contribution in [0.1, 0.15) is 173 Å². The van der Waals surface area contributed by atoms with Crippen molar-refractivity contribution in [2.75, 3.05) is 6.61 Å². The van der Waals surface area contributed by atoms with Crippen molar-refractivity contribution in [3.05, 3.63) is 0 Å². The highest BCUT2D eigenvalue weighted by Crippen LogP contribution is 2.34. The van der Waals surface area contributed by atoms with Crippen LogP contribution in [-0.4, -0.2) is 12.6 Å². The van der Waals surface area contributed by atoms with E-state index in [1.807, 2.05) is 0 Å². The molecule has 0 aromatic rings. The van der Waals surface area contributed by atoms with Crippen LogP contribution in [0.4, 0.5) is 0 Å². The lowest BCUT2D eigenvalue weighted by atomic mass is 9.76. The van der Waals surface area contributed by atoms with E-state index in [9.17, 15) is 4.79 Å². The Morgan fingerprint density at radius 2 is 1.11 bits per heavy atom. The third kappa shape index (κ3) is 20.4. The fourth-order valence-corrected chi connectivity index (χ4v) is 6.18. The van der Waals surface area contributed by atoms with Crippen molar-refractivity contribution >= 4 is 5.97 Å². The minimum Gasteiger partial charge on any atom is -0.465 e. The Balaban J connectivity index is 5.14. The molecule has 2 nitrogen and oxygen atoms in total. The summed E-state index contributed by atoms with van der Waals surface area (Å²) in [5.41, 5.74) is 0.669. The van der Waals surface area contributed by atoms with Crippen LogP contribution in [0.3, 0.4) is 0 Å². The van der Waals surface area contributed by atoms with Crippen LogP contribution in [0.15, 0.2) is 0 Å². The molecule has 0 aliphatic carbocycles. The lowest BCUT2D eigenvalue weighted by Gasteiger charge is -2.31. The molecule has 0 spiro atoms. The van der Waals surface area contributed by atoms with Gasteiger partial charge in [-0.15, -0.1) is 0 Å². The minimum atomic E-state index is 0.0843. The third-order valence-corrected chi connectivity index (χ3v) is 8.90. The molecule has 38 heavy (non-hydrogen) atoms. The molecule has 2 heteroatoms. The van der Waals surface area contributed by atoms with E-state index in [-0.39, 0.29) is 11.9 Å². The lowest BCUT2D eigenvalue weighted by Crippen LogP contribution is -2.27. The molecule has 0 amide bonds. The molecule has 6 atom stereocenters. The van der Waals surface area contributed by atoms with Crippen LogP contribution in [0.2, 0.25) is 0 Å². The van der Waals surface area contributed by atoms with E-state index in [4.69, 9.17) is 4.74 Å². The molecule has 0 fully saturated rings.